The molecule has 2 aromatic rings. The van der Waals surface area contributed by atoms with E-state index in [2.05, 4.69) is 15.2 Å². The zero-order chi connectivity index (χ0) is 17.3. The van der Waals surface area contributed by atoms with Crippen molar-refractivity contribution in [2.24, 2.45) is 0 Å². The molecule has 1 aliphatic rings. The summed E-state index contributed by atoms with van der Waals surface area (Å²) >= 11 is 0. The number of ether oxygens (including phenoxy) is 2. The van der Waals surface area contributed by atoms with Crippen LogP contribution in [0.4, 0.5) is 0 Å². The molecule has 1 aliphatic heterocycles. The maximum atomic E-state index is 12.8. The minimum atomic E-state index is -0.126. The third-order valence-electron chi connectivity index (χ3n) is 4.17. The van der Waals surface area contributed by atoms with E-state index in [4.69, 9.17) is 9.47 Å². The lowest BCUT2D eigenvalue weighted by atomic mass is 9.99. The molecular weight excluding hydrogens is 308 g/mol. The molecule has 0 saturated carbocycles. The molecular formula is C17H22N4O3. The second-order valence-corrected chi connectivity index (χ2v) is 6.09. The van der Waals surface area contributed by atoms with E-state index in [1.54, 1.807) is 25.1 Å². The van der Waals surface area contributed by atoms with Crippen LogP contribution < -0.4 is 4.74 Å². The Morgan fingerprint density at radius 3 is 3.00 bits per heavy atom. The third kappa shape index (κ3) is 3.12. The van der Waals surface area contributed by atoms with Gasteiger partial charge in [-0.3, -0.25) is 9.89 Å². The Labute approximate surface area is 141 Å². The van der Waals surface area contributed by atoms with Gasteiger partial charge in [0.1, 0.15) is 0 Å². The molecule has 128 valence electrons. The predicted molar refractivity (Wildman–Crippen MR) is 87.8 cm³/mol. The van der Waals surface area contributed by atoms with E-state index in [0.29, 0.717) is 24.5 Å². The largest absolute Gasteiger partial charge is 0.481 e. The van der Waals surface area contributed by atoms with Crippen LogP contribution in [0.3, 0.4) is 0 Å². The summed E-state index contributed by atoms with van der Waals surface area (Å²) < 4.78 is 10.9. The van der Waals surface area contributed by atoms with Crippen LogP contribution in [0.15, 0.2) is 18.2 Å². The van der Waals surface area contributed by atoms with Crippen molar-refractivity contribution in [3.05, 3.63) is 40.8 Å². The number of nitrogens with zero attached hydrogens (tertiary/aromatic N) is 3. The number of hydrogen-bond acceptors (Lipinski definition) is 5. The number of amides is 1. The van der Waals surface area contributed by atoms with Crippen LogP contribution in [0.5, 0.6) is 5.88 Å². The summed E-state index contributed by atoms with van der Waals surface area (Å²) in [6.45, 7) is 4.36. The van der Waals surface area contributed by atoms with Gasteiger partial charge in [0.15, 0.2) is 5.69 Å². The van der Waals surface area contributed by atoms with Gasteiger partial charge in [-0.05, 0) is 19.9 Å². The Balaban J connectivity index is 1.79. The van der Waals surface area contributed by atoms with Crippen LogP contribution in [-0.2, 0) is 17.7 Å². The highest BCUT2D eigenvalue weighted by Gasteiger charge is 2.30. The summed E-state index contributed by atoms with van der Waals surface area (Å²) in [5.74, 6) is 0.406. The number of pyridine rings is 1. The van der Waals surface area contributed by atoms with Crippen molar-refractivity contribution in [2.45, 2.75) is 39.0 Å². The van der Waals surface area contributed by atoms with Gasteiger partial charge in [0.25, 0.3) is 5.91 Å². The molecule has 0 unspecified atom stereocenters. The second-order valence-electron chi connectivity index (χ2n) is 6.09. The number of aromatic nitrogens is 3. The summed E-state index contributed by atoms with van der Waals surface area (Å²) in [5.41, 5.74) is 3.08. The first-order chi connectivity index (χ1) is 11.5. The molecule has 7 heteroatoms. The second kappa shape index (κ2) is 6.60. The summed E-state index contributed by atoms with van der Waals surface area (Å²) in [5, 5.41) is 7.19. The number of hydrogen-bond donors (Lipinski definition) is 1. The van der Waals surface area contributed by atoms with Crippen LogP contribution in [-0.4, -0.2) is 46.2 Å². The van der Waals surface area contributed by atoms with Crippen molar-refractivity contribution in [2.75, 3.05) is 14.2 Å². The van der Waals surface area contributed by atoms with Gasteiger partial charge < -0.3 is 14.4 Å². The number of fused-ring (bicyclic) bond motifs is 1. The van der Waals surface area contributed by atoms with Crippen molar-refractivity contribution in [1.29, 1.82) is 0 Å². The Bertz CT molecular complexity index is 743. The van der Waals surface area contributed by atoms with Gasteiger partial charge in [0.2, 0.25) is 5.88 Å². The van der Waals surface area contributed by atoms with Gasteiger partial charge in [-0.2, -0.15) is 5.10 Å². The fourth-order valence-corrected chi connectivity index (χ4v) is 3.01. The van der Waals surface area contributed by atoms with Crippen LogP contribution in [0.1, 0.15) is 47.4 Å². The van der Waals surface area contributed by atoms with Gasteiger partial charge in [-0.15, -0.1) is 0 Å². The summed E-state index contributed by atoms with van der Waals surface area (Å²) in [6.07, 6.45) is 0.674. The molecule has 0 saturated heterocycles. The first-order valence-electron chi connectivity index (χ1n) is 7.97. The fourth-order valence-electron chi connectivity index (χ4n) is 3.01. The quantitative estimate of drug-likeness (QED) is 0.928. The molecule has 2 aromatic heterocycles. The van der Waals surface area contributed by atoms with Crippen LogP contribution >= 0.6 is 0 Å². The summed E-state index contributed by atoms with van der Waals surface area (Å²) in [6, 6.07) is 5.50. The predicted octanol–water partition coefficient (Wildman–Crippen LogP) is 2.11. The van der Waals surface area contributed by atoms with Crippen LogP contribution in [0.2, 0.25) is 0 Å². The van der Waals surface area contributed by atoms with E-state index in [9.17, 15) is 4.79 Å². The minimum Gasteiger partial charge on any atom is -0.481 e. The molecule has 0 spiro atoms. The van der Waals surface area contributed by atoms with E-state index in [-0.39, 0.29) is 18.1 Å². The highest BCUT2D eigenvalue weighted by molar-refractivity contribution is 5.93. The number of rotatable bonds is 4. The molecule has 3 rings (SSSR count). The van der Waals surface area contributed by atoms with E-state index in [1.807, 2.05) is 26.0 Å². The maximum Gasteiger partial charge on any atom is 0.274 e. The number of H-pyrrole nitrogens is 1. The normalized spacial score (nSPS) is 19.7. The average molecular weight is 330 g/mol. The number of methoxy groups -OCH3 is 1. The zero-order valence-corrected chi connectivity index (χ0v) is 14.4. The molecule has 0 radical (unpaired) electrons. The Hall–Kier alpha value is -2.41. The van der Waals surface area contributed by atoms with Gasteiger partial charge in [0.05, 0.1) is 37.3 Å². The molecule has 0 aliphatic carbocycles. The smallest absolute Gasteiger partial charge is 0.274 e. The Morgan fingerprint density at radius 1 is 1.46 bits per heavy atom. The number of nitrogens with one attached hydrogen (secondary N) is 1. The van der Waals surface area contributed by atoms with Gasteiger partial charge in [-0.25, -0.2) is 4.98 Å². The van der Waals surface area contributed by atoms with Crippen molar-refractivity contribution >= 4 is 5.91 Å². The molecule has 1 amide bonds. The lowest BCUT2D eigenvalue weighted by Gasteiger charge is -2.25. The fraction of sp³-hybridized carbons (Fsp3) is 0.471. The molecule has 24 heavy (non-hydrogen) atoms. The van der Waals surface area contributed by atoms with Crippen molar-refractivity contribution < 1.29 is 14.3 Å². The molecule has 0 bridgehead atoms. The molecule has 0 aromatic carbocycles. The first kappa shape index (κ1) is 16.4. The lowest BCUT2D eigenvalue weighted by Crippen LogP contribution is -2.29. The highest BCUT2D eigenvalue weighted by Crippen LogP contribution is 2.30. The Kier molecular flexibility index (Phi) is 4.53. The minimum absolute atomic E-state index is 0.0713. The van der Waals surface area contributed by atoms with Gasteiger partial charge >= 0.3 is 0 Å². The molecule has 3 heterocycles. The maximum absolute atomic E-state index is 12.8. The molecule has 2 atom stereocenters. The van der Waals surface area contributed by atoms with E-state index >= 15 is 0 Å². The summed E-state index contributed by atoms with van der Waals surface area (Å²) in [7, 11) is 3.32. The average Bonchev–Trinajstić information content (AvgIpc) is 2.98. The zero-order valence-electron chi connectivity index (χ0n) is 14.4. The number of aromatic amines is 1. The van der Waals surface area contributed by atoms with Crippen molar-refractivity contribution in [3.63, 3.8) is 0 Å². The lowest BCUT2D eigenvalue weighted by molar-refractivity contribution is -0.00701. The van der Waals surface area contributed by atoms with E-state index in [1.165, 1.54) is 0 Å². The van der Waals surface area contributed by atoms with Crippen LogP contribution in [0, 0.1) is 0 Å². The number of carbonyl (C=O) groups excluding carboxylic acids is 1. The van der Waals surface area contributed by atoms with E-state index < -0.39 is 0 Å². The Morgan fingerprint density at radius 2 is 2.25 bits per heavy atom. The number of carbonyl (C=O) groups is 1. The molecule has 7 nitrogen and oxygen atoms in total. The monoisotopic (exact) mass is 330 g/mol. The van der Waals surface area contributed by atoms with Crippen molar-refractivity contribution in [1.82, 2.24) is 20.1 Å². The SMILES string of the molecule is COc1cccc(CN(C)C(=O)c2n[nH]c3c2C[C@H](C)O[C@@H]3C)n1. The summed E-state index contributed by atoms with van der Waals surface area (Å²) in [4.78, 5) is 18.7. The topological polar surface area (TPSA) is 80.3 Å². The third-order valence-corrected chi connectivity index (χ3v) is 4.17. The van der Waals surface area contributed by atoms with Crippen molar-refractivity contribution in [3.8, 4) is 5.88 Å². The van der Waals surface area contributed by atoms with Crippen LogP contribution in [0.25, 0.3) is 0 Å². The molecule has 1 N–H and O–H groups in total. The van der Waals surface area contributed by atoms with E-state index in [0.717, 1.165) is 17.0 Å². The first-order valence-corrected chi connectivity index (χ1v) is 7.97. The molecule has 0 fully saturated rings. The highest BCUT2D eigenvalue weighted by atomic mass is 16.5. The van der Waals surface area contributed by atoms with Gasteiger partial charge in [-0.1, -0.05) is 6.07 Å². The standard InChI is InChI=1S/C17H22N4O3/c1-10-8-13-15(11(2)24-10)19-20-16(13)17(22)21(3)9-12-6-5-7-14(18-12)23-4/h5-7,10-11H,8-9H2,1-4H3,(H,19,20)/t10-,11+/m0/s1. The van der Waals surface area contributed by atoms with Gasteiger partial charge in [0, 0.05) is 25.1 Å².